The Bertz CT molecular complexity index is 953. The fourth-order valence-corrected chi connectivity index (χ4v) is 3.78. The van der Waals surface area contributed by atoms with Gasteiger partial charge in [0.1, 0.15) is 11.6 Å². The van der Waals surface area contributed by atoms with Gasteiger partial charge in [-0.2, -0.15) is 5.26 Å². The lowest BCUT2D eigenvalue weighted by atomic mass is 9.89. The molecule has 0 bridgehead atoms. The molecule has 0 fully saturated rings. The number of fused-ring (bicyclic) bond motifs is 1. The molecule has 2 aromatic rings. The summed E-state index contributed by atoms with van der Waals surface area (Å²) in [6.07, 6.45) is 6.33. The molecule has 0 heterocycles. The van der Waals surface area contributed by atoms with Gasteiger partial charge in [0.15, 0.2) is 0 Å². The summed E-state index contributed by atoms with van der Waals surface area (Å²) in [7, 11) is 0. The van der Waals surface area contributed by atoms with Crippen LogP contribution in [0.2, 0.25) is 0 Å². The summed E-state index contributed by atoms with van der Waals surface area (Å²) in [4.78, 5) is 12.6. The average Bonchev–Trinajstić information content (AvgIpc) is 2.73. The highest BCUT2D eigenvalue weighted by Crippen LogP contribution is 2.25. The van der Waals surface area contributed by atoms with Crippen molar-refractivity contribution in [3.8, 4) is 6.07 Å². The van der Waals surface area contributed by atoms with E-state index in [0.29, 0.717) is 0 Å². The van der Waals surface area contributed by atoms with Gasteiger partial charge in [0.2, 0.25) is 0 Å². The van der Waals surface area contributed by atoms with Crippen LogP contribution in [0.1, 0.15) is 67.8 Å². The van der Waals surface area contributed by atoms with Crippen LogP contribution in [-0.4, -0.2) is 5.91 Å². The van der Waals surface area contributed by atoms with E-state index in [9.17, 15) is 10.1 Å². The Morgan fingerprint density at radius 3 is 2.52 bits per heavy atom. The average molecular weight is 388 g/mol. The molecule has 0 aromatic heterocycles. The summed E-state index contributed by atoms with van der Waals surface area (Å²) < 4.78 is 0. The first-order chi connectivity index (χ1) is 14.0. The molecule has 0 saturated heterocycles. The molecule has 0 saturated carbocycles. The van der Waals surface area contributed by atoms with Crippen molar-refractivity contribution >= 4 is 11.6 Å². The molecule has 1 aliphatic carbocycles. The molecule has 3 rings (SSSR count). The molecule has 1 amide bonds. The van der Waals surface area contributed by atoms with Gasteiger partial charge in [0.05, 0.1) is 0 Å². The van der Waals surface area contributed by atoms with Crippen LogP contribution >= 0.6 is 0 Å². The zero-order valence-corrected chi connectivity index (χ0v) is 17.5. The van der Waals surface area contributed by atoms with Crippen LogP contribution in [-0.2, 0) is 17.6 Å². The van der Waals surface area contributed by atoms with Crippen molar-refractivity contribution in [3.63, 3.8) is 0 Å². The monoisotopic (exact) mass is 387 g/mol. The van der Waals surface area contributed by atoms with Gasteiger partial charge in [-0.05, 0) is 66.8 Å². The number of amides is 1. The molecule has 29 heavy (non-hydrogen) atoms. The summed E-state index contributed by atoms with van der Waals surface area (Å²) in [5, 5.41) is 15.6. The van der Waals surface area contributed by atoms with Crippen molar-refractivity contribution in [2.24, 2.45) is 0 Å². The predicted octanol–water partition coefficient (Wildman–Crippen LogP) is 5.39. The number of carbonyl (C=O) groups is 1. The fraction of sp³-hybridized carbons (Fsp3) is 0.360. The molecule has 4 heteroatoms. The van der Waals surface area contributed by atoms with Gasteiger partial charge in [0.25, 0.3) is 5.91 Å². The van der Waals surface area contributed by atoms with E-state index in [4.69, 9.17) is 0 Å². The van der Waals surface area contributed by atoms with Gasteiger partial charge < -0.3 is 10.6 Å². The SMILES string of the molecule is CC(C)c1ccccc1NC(=O)/C(C#N)=C\NC(C)c1ccc2c(c1)CCCC2. The van der Waals surface area contributed by atoms with Crippen molar-refractivity contribution in [1.82, 2.24) is 5.32 Å². The Labute approximate surface area is 173 Å². The molecular formula is C25H29N3O. The summed E-state index contributed by atoms with van der Waals surface area (Å²) >= 11 is 0. The standard InChI is InChI=1S/C25H29N3O/c1-17(2)23-10-6-7-11-24(23)28-25(29)22(15-26)16-27-18(3)20-13-12-19-8-4-5-9-21(19)14-20/h6-7,10-14,16-18,27H,4-5,8-9H2,1-3H3,(H,28,29)/b22-16-. The number of carbonyl (C=O) groups excluding carboxylic acids is 1. The maximum Gasteiger partial charge on any atom is 0.267 e. The molecular weight excluding hydrogens is 358 g/mol. The molecule has 4 nitrogen and oxygen atoms in total. The molecule has 0 aliphatic heterocycles. The van der Waals surface area contributed by atoms with E-state index in [1.165, 1.54) is 35.7 Å². The van der Waals surface area contributed by atoms with Crippen LogP contribution in [0.3, 0.4) is 0 Å². The highest BCUT2D eigenvalue weighted by atomic mass is 16.1. The van der Waals surface area contributed by atoms with Crippen LogP contribution in [0.25, 0.3) is 0 Å². The maximum absolute atomic E-state index is 12.6. The maximum atomic E-state index is 12.6. The number of rotatable bonds is 6. The fourth-order valence-electron chi connectivity index (χ4n) is 3.78. The normalized spacial score (nSPS) is 14.7. The van der Waals surface area contributed by atoms with Crippen molar-refractivity contribution < 1.29 is 4.79 Å². The lowest BCUT2D eigenvalue weighted by Crippen LogP contribution is -2.19. The van der Waals surface area contributed by atoms with Gasteiger partial charge in [-0.25, -0.2) is 0 Å². The van der Waals surface area contributed by atoms with Crippen molar-refractivity contribution in [2.75, 3.05) is 5.32 Å². The quantitative estimate of drug-likeness (QED) is 0.516. The lowest BCUT2D eigenvalue weighted by Gasteiger charge is -2.19. The number of nitrogens with one attached hydrogen (secondary N) is 2. The first-order valence-electron chi connectivity index (χ1n) is 10.4. The van der Waals surface area contributed by atoms with Crippen molar-refractivity contribution in [1.29, 1.82) is 5.26 Å². The zero-order chi connectivity index (χ0) is 20.8. The molecule has 0 radical (unpaired) electrons. The third-order valence-electron chi connectivity index (χ3n) is 5.55. The largest absolute Gasteiger partial charge is 0.383 e. The summed E-state index contributed by atoms with van der Waals surface area (Å²) in [6, 6.07) is 16.3. The zero-order valence-electron chi connectivity index (χ0n) is 17.5. The number of hydrogen-bond donors (Lipinski definition) is 2. The van der Waals surface area contributed by atoms with Crippen LogP contribution in [0.5, 0.6) is 0 Å². The number of para-hydroxylation sites is 1. The van der Waals surface area contributed by atoms with Gasteiger partial charge >= 0.3 is 0 Å². The number of nitriles is 1. The Balaban J connectivity index is 1.70. The third kappa shape index (κ3) is 5.06. The van der Waals surface area contributed by atoms with E-state index >= 15 is 0 Å². The molecule has 2 N–H and O–H groups in total. The predicted molar refractivity (Wildman–Crippen MR) is 117 cm³/mol. The van der Waals surface area contributed by atoms with E-state index < -0.39 is 5.91 Å². The van der Waals surface area contributed by atoms with Gasteiger partial charge in [-0.15, -0.1) is 0 Å². The minimum atomic E-state index is -0.397. The second-order valence-electron chi connectivity index (χ2n) is 7.99. The summed E-state index contributed by atoms with van der Waals surface area (Å²) in [5.41, 5.74) is 5.90. The van der Waals surface area contributed by atoms with E-state index in [-0.39, 0.29) is 17.5 Å². The minimum absolute atomic E-state index is 0.0151. The second-order valence-corrected chi connectivity index (χ2v) is 7.99. The number of hydrogen-bond acceptors (Lipinski definition) is 3. The van der Waals surface area contributed by atoms with E-state index in [2.05, 4.69) is 42.7 Å². The Morgan fingerprint density at radius 2 is 1.79 bits per heavy atom. The van der Waals surface area contributed by atoms with Crippen LogP contribution < -0.4 is 10.6 Å². The van der Waals surface area contributed by atoms with Gasteiger partial charge in [0, 0.05) is 17.9 Å². The van der Waals surface area contributed by atoms with Crippen LogP contribution in [0, 0.1) is 11.3 Å². The smallest absolute Gasteiger partial charge is 0.267 e. The van der Waals surface area contributed by atoms with Crippen LogP contribution in [0.4, 0.5) is 5.69 Å². The van der Waals surface area contributed by atoms with E-state index in [1.807, 2.05) is 37.3 Å². The number of nitrogens with zero attached hydrogens (tertiary/aromatic N) is 1. The molecule has 150 valence electrons. The highest BCUT2D eigenvalue weighted by molar-refractivity contribution is 6.06. The Morgan fingerprint density at radius 1 is 1.07 bits per heavy atom. The molecule has 0 spiro atoms. The topological polar surface area (TPSA) is 64.9 Å². The van der Waals surface area contributed by atoms with Gasteiger partial charge in [-0.1, -0.05) is 50.2 Å². The van der Waals surface area contributed by atoms with E-state index in [0.717, 1.165) is 24.1 Å². The van der Waals surface area contributed by atoms with Crippen molar-refractivity contribution in [3.05, 3.63) is 76.5 Å². The first kappa shape index (κ1) is 20.7. The highest BCUT2D eigenvalue weighted by Gasteiger charge is 2.15. The Hall–Kier alpha value is -3.06. The number of anilines is 1. The first-order valence-corrected chi connectivity index (χ1v) is 10.4. The van der Waals surface area contributed by atoms with E-state index in [1.54, 1.807) is 0 Å². The number of aryl methyl sites for hydroxylation is 2. The molecule has 1 unspecified atom stereocenters. The van der Waals surface area contributed by atoms with Gasteiger partial charge in [-0.3, -0.25) is 4.79 Å². The second kappa shape index (κ2) is 9.43. The summed E-state index contributed by atoms with van der Waals surface area (Å²) in [6.45, 7) is 6.20. The van der Waals surface area contributed by atoms with Crippen molar-refractivity contribution in [2.45, 2.75) is 58.4 Å². The number of benzene rings is 2. The third-order valence-corrected chi connectivity index (χ3v) is 5.55. The molecule has 1 atom stereocenters. The van der Waals surface area contributed by atoms with Crippen LogP contribution in [0.15, 0.2) is 54.2 Å². The lowest BCUT2D eigenvalue weighted by molar-refractivity contribution is -0.112. The Kier molecular flexibility index (Phi) is 6.72. The molecule has 1 aliphatic rings. The summed E-state index contributed by atoms with van der Waals surface area (Å²) in [5.74, 6) is -0.117. The molecule has 2 aromatic carbocycles. The minimum Gasteiger partial charge on any atom is -0.383 e.